The van der Waals surface area contributed by atoms with Crippen molar-refractivity contribution < 1.29 is 4.39 Å². The van der Waals surface area contributed by atoms with Gasteiger partial charge in [0, 0.05) is 10.5 Å². The van der Waals surface area contributed by atoms with Gasteiger partial charge in [0.15, 0.2) is 0 Å². The number of aromatic nitrogens is 2. The molecule has 2 rings (SSSR count). The minimum Gasteiger partial charge on any atom is -0.338 e. The molecule has 0 atom stereocenters. The lowest BCUT2D eigenvalue weighted by Crippen LogP contribution is -1.99. The van der Waals surface area contributed by atoms with Gasteiger partial charge in [-0.05, 0) is 41.1 Å². The van der Waals surface area contributed by atoms with Gasteiger partial charge in [0.1, 0.15) is 22.1 Å². The van der Waals surface area contributed by atoms with Crippen molar-refractivity contribution in [3.05, 3.63) is 45.0 Å². The van der Waals surface area contributed by atoms with Gasteiger partial charge in [-0.1, -0.05) is 15.9 Å². The highest BCUT2D eigenvalue weighted by Gasteiger charge is 2.05. The zero-order valence-corrected chi connectivity index (χ0v) is 12.0. The van der Waals surface area contributed by atoms with Crippen LogP contribution in [0.4, 0.5) is 15.9 Å². The van der Waals surface area contributed by atoms with E-state index in [2.05, 4.69) is 47.1 Å². The van der Waals surface area contributed by atoms with Gasteiger partial charge < -0.3 is 5.32 Å². The fourth-order valence-corrected chi connectivity index (χ4v) is 2.16. The quantitative estimate of drug-likeness (QED) is 0.816. The van der Waals surface area contributed by atoms with Crippen molar-refractivity contribution in [2.75, 3.05) is 5.32 Å². The molecule has 0 fully saturated rings. The van der Waals surface area contributed by atoms with Gasteiger partial charge in [0.25, 0.3) is 0 Å². The summed E-state index contributed by atoms with van der Waals surface area (Å²) in [5.74, 6) is 0.819. The van der Waals surface area contributed by atoms with Crippen molar-refractivity contribution in [3.63, 3.8) is 0 Å². The average Bonchev–Trinajstić information content (AvgIpc) is 2.22. The Kier molecular flexibility index (Phi) is 3.73. The van der Waals surface area contributed by atoms with E-state index in [9.17, 15) is 4.39 Å². The molecule has 17 heavy (non-hydrogen) atoms. The Labute approximate surface area is 115 Å². The summed E-state index contributed by atoms with van der Waals surface area (Å²) in [6.45, 7) is 1.77. The number of halogens is 3. The predicted molar refractivity (Wildman–Crippen MR) is 71.9 cm³/mol. The van der Waals surface area contributed by atoms with Crippen LogP contribution in [-0.2, 0) is 0 Å². The molecule has 3 nitrogen and oxygen atoms in total. The van der Waals surface area contributed by atoms with Crippen molar-refractivity contribution in [3.8, 4) is 0 Å². The van der Waals surface area contributed by atoms with E-state index in [1.54, 1.807) is 25.1 Å². The van der Waals surface area contributed by atoms with Crippen LogP contribution in [0.15, 0.2) is 33.3 Å². The molecule has 1 aromatic heterocycles. The maximum Gasteiger partial charge on any atom is 0.146 e. The van der Waals surface area contributed by atoms with Crippen LogP contribution in [0.2, 0.25) is 0 Å². The molecule has 0 radical (unpaired) electrons. The molecule has 0 saturated heterocycles. The predicted octanol–water partition coefficient (Wildman–Crippen LogP) is 4.19. The zero-order chi connectivity index (χ0) is 12.4. The Morgan fingerprint density at radius 3 is 2.65 bits per heavy atom. The highest BCUT2D eigenvalue weighted by atomic mass is 79.9. The molecule has 6 heteroatoms. The van der Waals surface area contributed by atoms with E-state index in [0.717, 1.165) is 4.47 Å². The van der Waals surface area contributed by atoms with E-state index >= 15 is 0 Å². The van der Waals surface area contributed by atoms with Crippen molar-refractivity contribution in [1.82, 2.24) is 9.97 Å². The number of nitrogens with zero attached hydrogens (tertiary/aromatic N) is 2. The van der Waals surface area contributed by atoms with E-state index in [1.165, 1.54) is 6.07 Å². The zero-order valence-electron chi connectivity index (χ0n) is 8.84. The molecule has 88 valence electrons. The number of aryl methyl sites for hydroxylation is 1. The third-order valence-corrected chi connectivity index (χ3v) is 2.90. The lowest BCUT2D eigenvalue weighted by molar-refractivity contribution is 0.631. The third kappa shape index (κ3) is 3.23. The van der Waals surface area contributed by atoms with Crippen LogP contribution in [0.3, 0.4) is 0 Å². The largest absolute Gasteiger partial charge is 0.338 e. The SMILES string of the molecule is Cc1nc(Br)cc(Nc2cc(Br)ccc2F)n1. The molecule has 0 unspecified atom stereocenters. The number of benzene rings is 1. The molecular weight excluding hydrogens is 353 g/mol. The van der Waals surface area contributed by atoms with E-state index in [1.807, 2.05) is 0 Å². The van der Waals surface area contributed by atoms with Gasteiger partial charge in [0.05, 0.1) is 5.69 Å². The monoisotopic (exact) mass is 359 g/mol. The van der Waals surface area contributed by atoms with Crippen LogP contribution in [0.1, 0.15) is 5.82 Å². The first kappa shape index (κ1) is 12.4. The lowest BCUT2D eigenvalue weighted by Gasteiger charge is -2.08. The fourth-order valence-electron chi connectivity index (χ4n) is 1.33. The van der Waals surface area contributed by atoms with Crippen molar-refractivity contribution in [2.45, 2.75) is 6.92 Å². The van der Waals surface area contributed by atoms with E-state index in [4.69, 9.17) is 0 Å². The fraction of sp³-hybridized carbons (Fsp3) is 0.0909. The highest BCUT2D eigenvalue weighted by Crippen LogP contribution is 2.24. The van der Waals surface area contributed by atoms with Gasteiger partial charge in [-0.3, -0.25) is 0 Å². The first-order valence-corrected chi connectivity index (χ1v) is 6.36. The molecule has 1 heterocycles. The first-order chi connectivity index (χ1) is 8.04. The number of hydrogen-bond acceptors (Lipinski definition) is 3. The molecule has 2 aromatic rings. The minimum atomic E-state index is -0.333. The summed E-state index contributed by atoms with van der Waals surface area (Å²) in [7, 11) is 0. The number of rotatable bonds is 2. The minimum absolute atomic E-state index is 0.333. The van der Waals surface area contributed by atoms with Crippen LogP contribution >= 0.6 is 31.9 Å². The van der Waals surface area contributed by atoms with Crippen LogP contribution in [0, 0.1) is 12.7 Å². The third-order valence-electron chi connectivity index (χ3n) is 2.00. The van der Waals surface area contributed by atoms with Gasteiger partial charge in [-0.2, -0.15) is 0 Å². The molecule has 0 aliphatic rings. The highest BCUT2D eigenvalue weighted by molar-refractivity contribution is 9.10. The molecule has 0 spiro atoms. The normalized spacial score (nSPS) is 10.4. The summed E-state index contributed by atoms with van der Waals surface area (Å²) in [5, 5.41) is 2.91. The Morgan fingerprint density at radius 1 is 1.18 bits per heavy atom. The summed E-state index contributed by atoms with van der Waals surface area (Å²) in [6, 6.07) is 6.37. The van der Waals surface area contributed by atoms with E-state index in [0.29, 0.717) is 21.9 Å². The molecule has 0 bridgehead atoms. The maximum atomic E-state index is 13.5. The Hall–Kier alpha value is -1.01. The van der Waals surface area contributed by atoms with Gasteiger partial charge in [-0.25, -0.2) is 14.4 Å². The second-order valence-electron chi connectivity index (χ2n) is 3.37. The molecule has 1 aromatic carbocycles. The lowest BCUT2D eigenvalue weighted by atomic mass is 10.3. The van der Waals surface area contributed by atoms with Crippen LogP contribution in [-0.4, -0.2) is 9.97 Å². The summed E-state index contributed by atoms with van der Waals surface area (Å²) in [5.41, 5.74) is 0.365. The number of hydrogen-bond donors (Lipinski definition) is 1. The summed E-state index contributed by atoms with van der Waals surface area (Å²) in [6.07, 6.45) is 0. The average molecular weight is 361 g/mol. The molecular formula is C11H8Br2FN3. The van der Waals surface area contributed by atoms with E-state index in [-0.39, 0.29) is 5.82 Å². The second kappa shape index (κ2) is 5.10. The summed E-state index contributed by atoms with van der Waals surface area (Å²) in [4.78, 5) is 8.24. The Balaban J connectivity index is 2.34. The maximum absolute atomic E-state index is 13.5. The molecule has 1 N–H and O–H groups in total. The van der Waals surface area contributed by atoms with Gasteiger partial charge in [0.2, 0.25) is 0 Å². The second-order valence-corrected chi connectivity index (χ2v) is 5.10. The smallest absolute Gasteiger partial charge is 0.146 e. The Morgan fingerprint density at radius 2 is 1.94 bits per heavy atom. The van der Waals surface area contributed by atoms with Gasteiger partial charge >= 0.3 is 0 Å². The summed E-state index contributed by atoms with van der Waals surface area (Å²) < 4.78 is 15.0. The Bertz CT molecular complexity index is 540. The molecule has 0 amide bonds. The summed E-state index contributed by atoms with van der Waals surface area (Å²) >= 11 is 6.56. The topological polar surface area (TPSA) is 37.8 Å². The first-order valence-electron chi connectivity index (χ1n) is 4.78. The molecule has 0 saturated carbocycles. The van der Waals surface area contributed by atoms with Gasteiger partial charge in [-0.15, -0.1) is 0 Å². The van der Waals surface area contributed by atoms with E-state index < -0.39 is 0 Å². The number of nitrogens with one attached hydrogen (secondary N) is 1. The van der Waals surface area contributed by atoms with Crippen molar-refractivity contribution in [1.29, 1.82) is 0 Å². The van der Waals surface area contributed by atoms with Crippen LogP contribution in [0.25, 0.3) is 0 Å². The molecule has 0 aliphatic carbocycles. The van der Waals surface area contributed by atoms with Crippen LogP contribution in [0.5, 0.6) is 0 Å². The van der Waals surface area contributed by atoms with Crippen molar-refractivity contribution in [2.24, 2.45) is 0 Å². The number of anilines is 2. The van der Waals surface area contributed by atoms with Crippen LogP contribution < -0.4 is 5.32 Å². The standard InChI is InChI=1S/C11H8Br2FN3/c1-6-15-10(13)5-11(16-6)17-9-4-7(12)2-3-8(9)14/h2-5H,1H3,(H,15,16,17). The molecule has 0 aliphatic heterocycles. The van der Waals surface area contributed by atoms with Crippen molar-refractivity contribution >= 4 is 43.4 Å².